The average molecular weight is 268 g/mol. The lowest BCUT2D eigenvalue weighted by molar-refractivity contribution is 0.244. The van der Waals surface area contributed by atoms with E-state index in [0.717, 1.165) is 6.07 Å². The first-order valence-corrected chi connectivity index (χ1v) is 5.59. The fraction of sp³-hybridized carbons (Fsp3) is 0.333. The van der Waals surface area contributed by atoms with E-state index in [-0.39, 0.29) is 17.1 Å². The van der Waals surface area contributed by atoms with Crippen LogP contribution >= 0.6 is 0 Å². The van der Waals surface area contributed by atoms with E-state index in [1.165, 1.54) is 12.1 Å². The third-order valence-electron chi connectivity index (χ3n) is 2.10. The van der Waals surface area contributed by atoms with Gasteiger partial charge in [0.05, 0.1) is 5.69 Å². The van der Waals surface area contributed by atoms with Gasteiger partial charge in [0.25, 0.3) is 0 Å². The Kier molecular flexibility index (Phi) is 4.31. The van der Waals surface area contributed by atoms with E-state index in [9.17, 15) is 9.18 Å². The number of carbonyl (C=O) groups is 1. The summed E-state index contributed by atoms with van der Waals surface area (Å²) >= 11 is 0. The fourth-order valence-electron chi connectivity index (χ4n) is 1.39. The molecule has 0 aliphatic carbocycles. The molecule has 0 bridgehead atoms. The lowest BCUT2D eigenvalue weighted by Crippen LogP contribution is -2.43. The third kappa shape index (κ3) is 4.46. The highest BCUT2D eigenvalue weighted by molar-refractivity contribution is 6.05. The normalized spacial score (nSPS) is 12.1. The summed E-state index contributed by atoms with van der Waals surface area (Å²) in [6.45, 7) is 5.46. The molecule has 0 atom stereocenters. The van der Waals surface area contributed by atoms with E-state index in [4.69, 9.17) is 10.9 Å². The molecule has 2 amide bonds. The number of amidine groups is 1. The summed E-state index contributed by atoms with van der Waals surface area (Å²) in [4.78, 5) is 11.7. The molecule has 7 heteroatoms. The fourth-order valence-corrected chi connectivity index (χ4v) is 1.39. The van der Waals surface area contributed by atoms with Crippen LogP contribution < -0.4 is 16.4 Å². The van der Waals surface area contributed by atoms with Crippen molar-refractivity contribution in [2.75, 3.05) is 5.32 Å². The number of rotatable bonds is 2. The molecule has 0 aliphatic rings. The van der Waals surface area contributed by atoms with Crippen molar-refractivity contribution >= 4 is 17.6 Å². The highest BCUT2D eigenvalue weighted by Crippen LogP contribution is 2.17. The Morgan fingerprint density at radius 1 is 1.42 bits per heavy atom. The Morgan fingerprint density at radius 2 is 2.05 bits per heavy atom. The molecule has 19 heavy (non-hydrogen) atoms. The maximum Gasteiger partial charge on any atom is 0.319 e. The average Bonchev–Trinajstić information content (AvgIpc) is 2.28. The summed E-state index contributed by atoms with van der Waals surface area (Å²) in [6, 6.07) is 3.11. The smallest absolute Gasteiger partial charge is 0.319 e. The van der Waals surface area contributed by atoms with Gasteiger partial charge < -0.3 is 21.6 Å². The van der Waals surface area contributed by atoms with Gasteiger partial charge in [-0.15, -0.1) is 0 Å². The second-order valence-electron chi connectivity index (χ2n) is 5.00. The van der Waals surface area contributed by atoms with Crippen LogP contribution in [0.2, 0.25) is 0 Å². The van der Waals surface area contributed by atoms with Crippen LogP contribution in [0.3, 0.4) is 0 Å². The van der Waals surface area contributed by atoms with E-state index in [2.05, 4.69) is 15.8 Å². The second-order valence-corrected chi connectivity index (χ2v) is 5.00. The largest absolute Gasteiger partial charge is 0.409 e. The minimum atomic E-state index is -0.552. The van der Waals surface area contributed by atoms with Crippen LogP contribution in [0.4, 0.5) is 14.9 Å². The molecule has 104 valence electrons. The van der Waals surface area contributed by atoms with Crippen LogP contribution in [0, 0.1) is 5.82 Å². The van der Waals surface area contributed by atoms with Gasteiger partial charge in [0.2, 0.25) is 0 Å². The number of nitrogens with zero attached hydrogens (tertiary/aromatic N) is 1. The molecule has 5 N–H and O–H groups in total. The van der Waals surface area contributed by atoms with E-state index in [0.29, 0.717) is 0 Å². The molecule has 0 aromatic heterocycles. The van der Waals surface area contributed by atoms with Gasteiger partial charge >= 0.3 is 6.03 Å². The molecular formula is C12H17FN4O2. The molecule has 1 rings (SSSR count). The van der Waals surface area contributed by atoms with Gasteiger partial charge in [-0.1, -0.05) is 5.16 Å². The van der Waals surface area contributed by atoms with Crippen LogP contribution in [0.5, 0.6) is 0 Å². The number of carbonyl (C=O) groups excluding carboxylic acids is 1. The number of oxime groups is 1. The molecule has 0 aliphatic heterocycles. The molecule has 0 spiro atoms. The van der Waals surface area contributed by atoms with Crippen LogP contribution in [-0.4, -0.2) is 22.6 Å². The highest BCUT2D eigenvalue weighted by Gasteiger charge is 2.16. The Hall–Kier alpha value is -2.31. The number of hydrogen-bond acceptors (Lipinski definition) is 3. The lowest BCUT2D eigenvalue weighted by atomic mass is 10.1. The zero-order valence-corrected chi connectivity index (χ0v) is 11.0. The van der Waals surface area contributed by atoms with Crippen LogP contribution in [0.15, 0.2) is 23.4 Å². The molecule has 0 unspecified atom stereocenters. The number of nitrogens with two attached hydrogens (primary N) is 1. The number of benzene rings is 1. The predicted molar refractivity (Wildman–Crippen MR) is 70.8 cm³/mol. The van der Waals surface area contributed by atoms with Crippen molar-refractivity contribution in [3.05, 3.63) is 29.6 Å². The van der Waals surface area contributed by atoms with Gasteiger partial charge in [0.1, 0.15) is 5.82 Å². The molecule has 1 aromatic rings. The Bertz CT molecular complexity index is 509. The first-order chi connectivity index (χ1) is 8.73. The van der Waals surface area contributed by atoms with Crippen molar-refractivity contribution in [1.29, 1.82) is 0 Å². The molecule has 0 saturated carbocycles. The van der Waals surface area contributed by atoms with Crippen LogP contribution in [0.1, 0.15) is 26.3 Å². The number of nitrogens with one attached hydrogen (secondary N) is 2. The standard InChI is InChI=1S/C12H17FN4O2/c1-12(2,3)16-11(18)15-9-5-4-7(13)6-8(9)10(14)17-19/h4-6,19H,1-3H3,(H2,14,17)(H2,15,16,18). The highest BCUT2D eigenvalue weighted by atomic mass is 19.1. The van der Waals surface area contributed by atoms with Crippen molar-refractivity contribution in [1.82, 2.24) is 5.32 Å². The van der Waals surface area contributed by atoms with Gasteiger partial charge in [-0.3, -0.25) is 0 Å². The molecule has 0 saturated heterocycles. The molecular weight excluding hydrogens is 251 g/mol. The van der Waals surface area contributed by atoms with Crippen molar-refractivity contribution in [3.63, 3.8) is 0 Å². The Balaban J connectivity index is 2.98. The van der Waals surface area contributed by atoms with Gasteiger partial charge in [-0.2, -0.15) is 0 Å². The number of amides is 2. The Morgan fingerprint density at radius 3 is 2.58 bits per heavy atom. The van der Waals surface area contributed by atoms with Gasteiger partial charge in [-0.25, -0.2) is 9.18 Å². The second kappa shape index (κ2) is 5.55. The minimum Gasteiger partial charge on any atom is -0.409 e. The van der Waals surface area contributed by atoms with Crippen LogP contribution in [0.25, 0.3) is 0 Å². The summed E-state index contributed by atoms with van der Waals surface area (Å²) < 4.78 is 13.1. The summed E-state index contributed by atoms with van der Waals surface area (Å²) in [5, 5.41) is 16.6. The molecule has 0 radical (unpaired) electrons. The first-order valence-electron chi connectivity index (χ1n) is 5.59. The quantitative estimate of drug-likeness (QED) is 0.285. The summed E-state index contributed by atoms with van der Waals surface area (Å²) in [6.07, 6.45) is 0. The van der Waals surface area contributed by atoms with Gasteiger partial charge in [-0.05, 0) is 39.0 Å². The lowest BCUT2D eigenvalue weighted by Gasteiger charge is -2.21. The monoisotopic (exact) mass is 268 g/mol. The number of halogens is 1. The molecule has 0 fully saturated rings. The predicted octanol–water partition coefficient (Wildman–Crippen LogP) is 1.84. The summed E-state index contributed by atoms with van der Waals surface area (Å²) in [5.74, 6) is -0.839. The maximum absolute atomic E-state index is 13.1. The number of anilines is 1. The van der Waals surface area contributed by atoms with Crippen LogP contribution in [-0.2, 0) is 0 Å². The summed E-state index contributed by atoms with van der Waals surface area (Å²) in [5.41, 5.74) is 5.36. The topological polar surface area (TPSA) is 99.7 Å². The van der Waals surface area contributed by atoms with Crippen molar-refractivity contribution in [3.8, 4) is 0 Å². The molecule has 0 heterocycles. The van der Waals surface area contributed by atoms with E-state index >= 15 is 0 Å². The van der Waals surface area contributed by atoms with Crippen molar-refractivity contribution in [2.24, 2.45) is 10.9 Å². The van der Waals surface area contributed by atoms with E-state index in [1.807, 2.05) is 20.8 Å². The van der Waals surface area contributed by atoms with Gasteiger partial charge in [0, 0.05) is 11.1 Å². The number of urea groups is 1. The van der Waals surface area contributed by atoms with Gasteiger partial charge in [0.15, 0.2) is 5.84 Å². The van der Waals surface area contributed by atoms with Crippen molar-refractivity contribution in [2.45, 2.75) is 26.3 Å². The third-order valence-corrected chi connectivity index (χ3v) is 2.10. The van der Waals surface area contributed by atoms with E-state index < -0.39 is 17.4 Å². The zero-order valence-electron chi connectivity index (χ0n) is 11.0. The SMILES string of the molecule is CC(C)(C)NC(=O)Nc1ccc(F)cc1/C(N)=N/O. The first kappa shape index (κ1) is 14.7. The minimum absolute atomic E-state index is 0.103. The maximum atomic E-state index is 13.1. The molecule has 6 nitrogen and oxygen atoms in total. The Labute approximate surface area is 110 Å². The zero-order chi connectivity index (χ0) is 14.6. The van der Waals surface area contributed by atoms with Crippen molar-refractivity contribution < 1.29 is 14.4 Å². The van der Waals surface area contributed by atoms with E-state index in [1.54, 1.807) is 0 Å². The number of hydrogen-bond donors (Lipinski definition) is 4. The summed E-state index contributed by atoms with van der Waals surface area (Å²) in [7, 11) is 0. The molecule has 1 aromatic carbocycles.